The second kappa shape index (κ2) is 6.90. The summed E-state index contributed by atoms with van der Waals surface area (Å²) in [5.74, 6) is 0. The van der Waals surface area contributed by atoms with Crippen molar-refractivity contribution in [2.24, 2.45) is 0 Å². The Hall–Kier alpha value is -0.870. The highest BCUT2D eigenvalue weighted by Crippen LogP contribution is 2.21. The van der Waals surface area contributed by atoms with Gasteiger partial charge in [0.1, 0.15) is 0 Å². The molecule has 0 aromatic heterocycles. The summed E-state index contributed by atoms with van der Waals surface area (Å²) in [5, 5.41) is 0. The van der Waals surface area contributed by atoms with Crippen molar-refractivity contribution in [2.45, 2.75) is 57.5 Å². The van der Waals surface area contributed by atoms with Gasteiger partial charge in [0, 0.05) is 0 Å². The highest BCUT2D eigenvalue weighted by molar-refractivity contribution is 7.86. The minimum absolute atomic E-state index is 0.283. The third-order valence-corrected chi connectivity index (χ3v) is 4.43. The number of unbranched alkanes of at least 4 members (excludes halogenated alkanes) is 1. The number of rotatable bonds is 7. The van der Waals surface area contributed by atoms with Crippen LogP contribution in [0.5, 0.6) is 0 Å². The van der Waals surface area contributed by atoms with Gasteiger partial charge in [0.2, 0.25) is 0 Å². The fourth-order valence-corrected chi connectivity index (χ4v) is 3.07. The smallest absolute Gasteiger partial charge is 0.263 e. The Bertz CT molecular complexity index is 466. The van der Waals surface area contributed by atoms with Gasteiger partial charge in [-0.05, 0) is 37.8 Å². The maximum absolute atomic E-state index is 12.2. The zero-order chi connectivity index (χ0) is 13.6. The summed E-state index contributed by atoms with van der Waals surface area (Å²) in [7, 11) is -3.63. The van der Waals surface area contributed by atoms with Gasteiger partial charge in [0.05, 0.1) is 11.0 Å². The van der Waals surface area contributed by atoms with Crippen LogP contribution in [0.3, 0.4) is 0 Å². The van der Waals surface area contributed by atoms with Crippen molar-refractivity contribution in [3.8, 4) is 0 Å². The zero-order valence-corrected chi connectivity index (χ0v) is 12.2. The molecule has 18 heavy (non-hydrogen) atoms. The van der Waals surface area contributed by atoms with Crippen LogP contribution >= 0.6 is 0 Å². The molecular formula is C14H22O3S. The number of benzene rings is 1. The summed E-state index contributed by atoms with van der Waals surface area (Å²) in [6, 6.07) is 7.10. The lowest BCUT2D eigenvalue weighted by Gasteiger charge is -2.13. The van der Waals surface area contributed by atoms with Crippen molar-refractivity contribution >= 4 is 10.1 Å². The maximum Gasteiger partial charge on any atom is 0.297 e. The van der Waals surface area contributed by atoms with Gasteiger partial charge in [-0.3, -0.25) is 4.18 Å². The summed E-state index contributed by atoms with van der Waals surface area (Å²) < 4.78 is 29.5. The zero-order valence-electron chi connectivity index (χ0n) is 11.3. The molecule has 1 aromatic carbocycles. The van der Waals surface area contributed by atoms with E-state index in [-0.39, 0.29) is 6.10 Å². The summed E-state index contributed by atoms with van der Waals surface area (Å²) in [6.07, 6.45) is 3.19. The first-order valence-electron chi connectivity index (χ1n) is 6.52. The average molecular weight is 270 g/mol. The topological polar surface area (TPSA) is 43.4 Å². The van der Waals surface area contributed by atoms with E-state index < -0.39 is 10.1 Å². The van der Waals surface area contributed by atoms with Crippen molar-refractivity contribution < 1.29 is 12.6 Å². The van der Waals surface area contributed by atoms with Gasteiger partial charge in [-0.25, -0.2) is 0 Å². The second-order valence-electron chi connectivity index (χ2n) is 4.48. The molecule has 0 bridgehead atoms. The van der Waals surface area contributed by atoms with Crippen LogP contribution in [0.1, 0.15) is 45.6 Å². The Labute approximate surface area is 110 Å². The molecule has 0 heterocycles. The molecule has 0 aliphatic heterocycles. The third-order valence-electron chi connectivity index (χ3n) is 2.91. The molecule has 0 N–H and O–H groups in total. The molecule has 0 amide bonds. The Kier molecular flexibility index (Phi) is 5.82. The highest BCUT2D eigenvalue weighted by atomic mass is 32.2. The standard InChI is InChI=1S/C14H22O3S/c1-4-6-9-13-10-7-8-11-14(13)18(15,16)17-12(3)5-2/h7-8,10-12H,4-6,9H2,1-3H3. The van der Waals surface area contributed by atoms with Gasteiger partial charge in [-0.2, -0.15) is 8.42 Å². The van der Waals surface area contributed by atoms with E-state index in [1.807, 2.05) is 19.1 Å². The molecule has 0 spiro atoms. The van der Waals surface area contributed by atoms with Crippen LogP contribution in [0.25, 0.3) is 0 Å². The lowest BCUT2D eigenvalue weighted by atomic mass is 10.1. The van der Waals surface area contributed by atoms with Crippen molar-refractivity contribution in [1.82, 2.24) is 0 Å². The lowest BCUT2D eigenvalue weighted by molar-refractivity contribution is 0.224. The average Bonchev–Trinajstić information content (AvgIpc) is 2.36. The van der Waals surface area contributed by atoms with E-state index in [0.717, 1.165) is 24.8 Å². The largest absolute Gasteiger partial charge is 0.297 e. The molecule has 3 nitrogen and oxygen atoms in total. The molecule has 4 heteroatoms. The monoisotopic (exact) mass is 270 g/mol. The first-order valence-corrected chi connectivity index (χ1v) is 7.93. The minimum atomic E-state index is -3.63. The van der Waals surface area contributed by atoms with Gasteiger partial charge in [-0.1, -0.05) is 38.5 Å². The van der Waals surface area contributed by atoms with Crippen LogP contribution in [0.15, 0.2) is 29.2 Å². The Morgan fingerprint density at radius 2 is 1.89 bits per heavy atom. The molecule has 0 saturated heterocycles. The third kappa shape index (κ3) is 4.10. The first-order chi connectivity index (χ1) is 8.51. The predicted molar refractivity (Wildman–Crippen MR) is 73.1 cm³/mol. The Morgan fingerprint density at radius 3 is 2.50 bits per heavy atom. The van der Waals surface area contributed by atoms with Crippen LogP contribution in [0, 0.1) is 0 Å². The molecule has 0 saturated carbocycles. The Morgan fingerprint density at radius 1 is 1.22 bits per heavy atom. The van der Waals surface area contributed by atoms with Crippen molar-refractivity contribution in [2.75, 3.05) is 0 Å². The van der Waals surface area contributed by atoms with E-state index in [1.165, 1.54) is 0 Å². The fourth-order valence-electron chi connectivity index (χ4n) is 1.66. The van der Waals surface area contributed by atoms with Crippen LogP contribution < -0.4 is 0 Å². The number of hydrogen-bond donors (Lipinski definition) is 0. The minimum Gasteiger partial charge on any atom is -0.263 e. The van der Waals surface area contributed by atoms with Crippen LogP contribution in [0.2, 0.25) is 0 Å². The maximum atomic E-state index is 12.2. The summed E-state index contributed by atoms with van der Waals surface area (Å²) >= 11 is 0. The van der Waals surface area contributed by atoms with E-state index in [1.54, 1.807) is 19.1 Å². The summed E-state index contributed by atoms with van der Waals surface area (Å²) in [4.78, 5) is 0.318. The van der Waals surface area contributed by atoms with Crippen molar-refractivity contribution in [3.63, 3.8) is 0 Å². The van der Waals surface area contributed by atoms with Gasteiger partial charge in [-0.15, -0.1) is 0 Å². The SMILES string of the molecule is CCCCc1ccccc1S(=O)(=O)OC(C)CC. The summed E-state index contributed by atoms with van der Waals surface area (Å²) in [5.41, 5.74) is 0.850. The number of hydrogen-bond acceptors (Lipinski definition) is 3. The lowest BCUT2D eigenvalue weighted by Crippen LogP contribution is -2.16. The predicted octanol–water partition coefficient (Wildman–Crippen LogP) is 3.53. The molecule has 1 unspecified atom stereocenters. The quantitative estimate of drug-likeness (QED) is 0.712. The first kappa shape index (κ1) is 15.2. The van der Waals surface area contributed by atoms with E-state index >= 15 is 0 Å². The van der Waals surface area contributed by atoms with Gasteiger partial charge in [0.25, 0.3) is 10.1 Å². The molecular weight excluding hydrogens is 248 g/mol. The molecule has 1 rings (SSSR count). The number of aryl methyl sites for hydroxylation is 1. The second-order valence-corrected chi connectivity index (χ2v) is 6.02. The molecule has 0 fully saturated rings. The Balaban J connectivity index is 3.00. The van der Waals surface area contributed by atoms with Gasteiger partial charge in [0.15, 0.2) is 0 Å². The van der Waals surface area contributed by atoms with Crippen molar-refractivity contribution in [1.29, 1.82) is 0 Å². The highest BCUT2D eigenvalue weighted by Gasteiger charge is 2.21. The van der Waals surface area contributed by atoms with Crippen molar-refractivity contribution in [3.05, 3.63) is 29.8 Å². The van der Waals surface area contributed by atoms with Gasteiger partial charge < -0.3 is 0 Å². The molecule has 102 valence electrons. The van der Waals surface area contributed by atoms with Crippen LogP contribution in [-0.4, -0.2) is 14.5 Å². The molecule has 1 aromatic rings. The van der Waals surface area contributed by atoms with Crippen LogP contribution in [0.4, 0.5) is 0 Å². The fraction of sp³-hybridized carbons (Fsp3) is 0.571. The normalized spacial score (nSPS) is 13.5. The molecule has 0 aliphatic rings. The molecule has 0 radical (unpaired) electrons. The van der Waals surface area contributed by atoms with E-state index in [0.29, 0.717) is 11.3 Å². The van der Waals surface area contributed by atoms with E-state index in [9.17, 15) is 8.42 Å². The summed E-state index contributed by atoms with van der Waals surface area (Å²) in [6.45, 7) is 5.77. The van der Waals surface area contributed by atoms with Gasteiger partial charge >= 0.3 is 0 Å². The molecule has 0 aliphatic carbocycles. The van der Waals surface area contributed by atoms with Crippen LogP contribution in [-0.2, 0) is 20.7 Å². The molecule has 1 atom stereocenters. The van der Waals surface area contributed by atoms with E-state index in [4.69, 9.17) is 4.18 Å². The van der Waals surface area contributed by atoms with E-state index in [2.05, 4.69) is 6.92 Å².